The van der Waals surface area contributed by atoms with Crippen LogP contribution in [0.2, 0.25) is 0 Å². The van der Waals surface area contributed by atoms with Crippen LogP contribution in [0, 0.1) is 5.82 Å². The van der Waals surface area contributed by atoms with E-state index in [1.54, 1.807) is 18.2 Å². The summed E-state index contributed by atoms with van der Waals surface area (Å²) >= 11 is 3.19. The van der Waals surface area contributed by atoms with Gasteiger partial charge in [0.25, 0.3) is 0 Å². The third kappa shape index (κ3) is 2.40. The second-order valence-corrected chi connectivity index (χ2v) is 5.32. The number of hydrogen-bond acceptors (Lipinski definition) is 2. The highest BCUT2D eigenvalue weighted by Crippen LogP contribution is 2.27. The van der Waals surface area contributed by atoms with Gasteiger partial charge in [0, 0.05) is 22.0 Å². The molecule has 2 nitrogen and oxygen atoms in total. The van der Waals surface area contributed by atoms with E-state index in [-0.39, 0.29) is 5.78 Å². The standard InChI is InChI=1S/C15H10BrFO2/c16-12-6-11(7-13(17)8-12)15(18)10-1-2-14-9(5-10)3-4-19-14/h1-2,5-8H,3-4H2. The predicted octanol–water partition coefficient (Wildman–Crippen LogP) is 3.75. The minimum Gasteiger partial charge on any atom is -0.493 e. The maximum atomic E-state index is 13.3. The summed E-state index contributed by atoms with van der Waals surface area (Å²) in [5, 5.41) is 0. The van der Waals surface area contributed by atoms with Gasteiger partial charge < -0.3 is 4.74 Å². The molecule has 2 aromatic carbocycles. The summed E-state index contributed by atoms with van der Waals surface area (Å²) in [4.78, 5) is 12.3. The lowest BCUT2D eigenvalue weighted by Crippen LogP contribution is -2.02. The van der Waals surface area contributed by atoms with Gasteiger partial charge in [-0.15, -0.1) is 0 Å². The lowest BCUT2D eigenvalue weighted by molar-refractivity contribution is 0.103. The van der Waals surface area contributed by atoms with Gasteiger partial charge in [-0.1, -0.05) is 15.9 Å². The molecule has 0 aliphatic carbocycles. The number of ketones is 1. The maximum Gasteiger partial charge on any atom is 0.193 e. The molecule has 2 aromatic rings. The van der Waals surface area contributed by atoms with Crippen LogP contribution in [0.1, 0.15) is 21.5 Å². The van der Waals surface area contributed by atoms with Crippen molar-refractivity contribution < 1.29 is 13.9 Å². The number of carbonyl (C=O) groups is 1. The van der Waals surface area contributed by atoms with Crippen molar-refractivity contribution >= 4 is 21.7 Å². The number of benzene rings is 2. The molecule has 0 unspecified atom stereocenters. The molecule has 0 atom stereocenters. The highest BCUT2D eigenvalue weighted by atomic mass is 79.9. The normalized spacial score (nSPS) is 12.9. The van der Waals surface area contributed by atoms with Crippen LogP contribution in [-0.4, -0.2) is 12.4 Å². The van der Waals surface area contributed by atoms with E-state index in [1.165, 1.54) is 12.1 Å². The van der Waals surface area contributed by atoms with Crippen LogP contribution >= 0.6 is 15.9 Å². The second-order valence-electron chi connectivity index (χ2n) is 4.41. The molecule has 0 spiro atoms. The first-order valence-electron chi connectivity index (χ1n) is 5.90. The average molecular weight is 321 g/mol. The van der Waals surface area contributed by atoms with Gasteiger partial charge in [-0.05, 0) is 42.0 Å². The zero-order valence-corrected chi connectivity index (χ0v) is 11.5. The zero-order valence-electron chi connectivity index (χ0n) is 9.95. The van der Waals surface area contributed by atoms with Crippen LogP contribution in [0.4, 0.5) is 4.39 Å². The Hall–Kier alpha value is -1.68. The second kappa shape index (κ2) is 4.78. The first-order chi connectivity index (χ1) is 9.13. The van der Waals surface area contributed by atoms with E-state index < -0.39 is 5.82 Å². The van der Waals surface area contributed by atoms with Gasteiger partial charge in [-0.25, -0.2) is 4.39 Å². The van der Waals surface area contributed by atoms with Crippen molar-refractivity contribution in [3.63, 3.8) is 0 Å². The van der Waals surface area contributed by atoms with E-state index in [1.807, 2.05) is 6.07 Å². The fourth-order valence-electron chi connectivity index (χ4n) is 2.18. The number of fused-ring (bicyclic) bond motifs is 1. The topological polar surface area (TPSA) is 26.3 Å². The summed E-state index contributed by atoms with van der Waals surface area (Å²) in [6, 6.07) is 9.53. The number of hydrogen-bond donors (Lipinski definition) is 0. The fourth-order valence-corrected chi connectivity index (χ4v) is 2.64. The summed E-state index contributed by atoms with van der Waals surface area (Å²) in [6.45, 7) is 0.651. The fraction of sp³-hybridized carbons (Fsp3) is 0.133. The molecule has 0 saturated heterocycles. The lowest BCUT2D eigenvalue weighted by atomic mass is 10.0. The Morgan fingerprint density at radius 1 is 1.16 bits per heavy atom. The third-order valence-corrected chi connectivity index (χ3v) is 3.53. The van der Waals surface area contributed by atoms with E-state index in [9.17, 15) is 9.18 Å². The third-order valence-electron chi connectivity index (χ3n) is 3.08. The average Bonchev–Trinajstić information content (AvgIpc) is 2.83. The van der Waals surface area contributed by atoms with Gasteiger partial charge in [-0.2, -0.15) is 0 Å². The van der Waals surface area contributed by atoms with Crippen LogP contribution < -0.4 is 4.74 Å². The monoisotopic (exact) mass is 320 g/mol. The summed E-state index contributed by atoms with van der Waals surface area (Å²) in [7, 11) is 0. The number of rotatable bonds is 2. The molecule has 0 amide bonds. The minimum atomic E-state index is -0.429. The van der Waals surface area contributed by atoms with Crippen molar-refractivity contribution in [3.05, 3.63) is 63.4 Å². The molecule has 1 aliphatic rings. The first-order valence-corrected chi connectivity index (χ1v) is 6.69. The first kappa shape index (κ1) is 12.4. The maximum absolute atomic E-state index is 13.3. The smallest absolute Gasteiger partial charge is 0.193 e. The summed E-state index contributed by atoms with van der Waals surface area (Å²) in [5.74, 6) is 0.217. The van der Waals surface area contributed by atoms with Crippen LogP contribution in [0.25, 0.3) is 0 Å². The number of carbonyl (C=O) groups excluding carboxylic acids is 1. The zero-order chi connectivity index (χ0) is 13.4. The van der Waals surface area contributed by atoms with Crippen LogP contribution in [-0.2, 0) is 6.42 Å². The molecular weight excluding hydrogens is 311 g/mol. The Morgan fingerprint density at radius 3 is 2.79 bits per heavy atom. The van der Waals surface area contributed by atoms with Gasteiger partial charge in [0.15, 0.2) is 5.78 Å². The molecule has 0 radical (unpaired) electrons. The SMILES string of the molecule is O=C(c1cc(F)cc(Br)c1)c1ccc2c(c1)CCO2. The molecule has 1 heterocycles. The van der Waals surface area contributed by atoms with Crippen molar-refractivity contribution in [1.82, 2.24) is 0 Å². The molecule has 0 bridgehead atoms. The molecule has 4 heteroatoms. The van der Waals surface area contributed by atoms with Crippen molar-refractivity contribution in [3.8, 4) is 5.75 Å². The van der Waals surface area contributed by atoms with Crippen LogP contribution in [0.5, 0.6) is 5.75 Å². The highest BCUT2D eigenvalue weighted by Gasteiger charge is 2.16. The van der Waals surface area contributed by atoms with Crippen molar-refractivity contribution in [1.29, 1.82) is 0 Å². The van der Waals surface area contributed by atoms with Crippen LogP contribution in [0.3, 0.4) is 0 Å². The number of ether oxygens (including phenoxy) is 1. The highest BCUT2D eigenvalue weighted by molar-refractivity contribution is 9.10. The van der Waals surface area contributed by atoms with Crippen molar-refractivity contribution in [2.24, 2.45) is 0 Å². The van der Waals surface area contributed by atoms with Gasteiger partial charge in [-0.3, -0.25) is 4.79 Å². The summed E-state index contributed by atoms with van der Waals surface area (Å²) < 4.78 is 19.3. The molecule has 96 valence electrons. The summed E-state index contributed by atoms with van der Waals surface area (Å²) in [5.41, 5.74) is 1.92. The Labute approximate surface area is 118 Å². The van der Waals surface area contributed by atoms with Crippen molar-refractivity contribution in [2.45, 2.75) is 6.42 Å². The molecule has 3 rings (SSSR count). The van der Waals surface area contributed by atoms with Gasteiger partial charge in [0.05, 0.1) is 6.61 Å². The van der Waals surface area contributed by atoms with E-state index in [0.29, 0.717) is 22.2 Å². The summed E-state index contributed by atoms with van der Waals surface area (Å²) in [6.07, 6.45) is 0.809. The molecular formula is C15H10BrFO2. The van der Waals surface area contributed by atoms with E-state index >= 15 is 0 Å². The van der Waals surface area contributed by atoms with Gasteiger partial charge >= 0.3 is 0 Å². The Balaban J connectivity index is 1.99. The lowest BCUT2D eigenvalue weighted by Gasteiger charge is -2.05. The Bertz CT molecular complexity index is 647. The molecule has 0 saturated carbocycles. The van der Waals surface area contributed by atoms with Gasteiger partial charge in [0.2, 0.25) is 0 Å². The molecule has 0 N–H and O–H groups in total. The van der Waals surface area contributed by atoms with E-state index in [0.717, 1.165) is 17.7 Å². The molecule has 0 aromatic heterocycles. The quantitative estimate of drug-likeness (QED) is 0.788. The number of halogens is 2. The minimum absolute atomic E-state index is 0.185. The largest absolute Gasteiger partial charge is 0.493 e. The molecule has 0 fully saturated rings. The Morgan fingerprint density at radius 2 is 2.00 bits per heavy atom. The Kier molecular flexibility index (Phi) is 3.11. The van der Waals surface area contributed by atoms with Crippen molar-refractivity contribution in [2.75, 3.05) is 6.61 Å². The van der Waals surface area contributed by atoms with Crippen LogP contribution in [0.15, 0.2) is 40.9 Å². The predicted molar refractivity (Wildman–Crippen MR) is 73.2 cm³/mol. The van der Waals surface area contributed by atoms with Gasteiger partial charge in [0.1, 0.15) is 11.6 Å². The molecule has 1 aliphatic heterocycles. The molecule has 19 heavy (non-hydrogen) atoms. The van der Waals surface area contributed by atoms with E-state index in [4.69, 9.17) is 4.74 Å². The van der Waals surface area contributed by atoms with E-state index in [2.05, 4.69) is 15.9 Å².